The molecule has 236 valence electrons. The summed E-state index contributed by atoms with van der Waals surface area (Å²) in [5.74, 6) is -76.6. The third-order valence-corrected chi connectivity index (χ3v) is 5.04. The number of pyridine rings is 1. The van der Waals surface area contributed by atoms with Crippen LogP contribution in [0.15, 0.2) is 30.6 Å². The lowest BCUT2D eigenvalue weighted by Gasteiger charge is -2.44. The van der Waals surface area contributed by atoms with E-state index in [2.05, 4.69) is 0 Å². The largest absolute Gasteiger partial charge is 1.00 e. The van der Waals surface area contributed by atoms with Crippen LogP contribution in [0.25, 0.3) is 0 Å². The van der Waals surface area contributed by atoms with Gasteiger partial charge in [0.2, 0.25) is 0 Å². The summed E-state index contributed by atoms with van der Waals surface area (Å²) < 4.78 is 280. The molecular formula is C17H9ClF21N. The van der Waals surface area contributed by atoms with E-state index in [0.717, 1.165) is 24.5 Å². The van der Waals surface area contributed by atoms with Crippen LogP contribution < -0.4 is 17.0 Å². The maximum absolute atomic E-state index is 13.8. The first-order valence-corrected chi connectivity index (χ1v) is 9.24. The maximum atomic E-state index is 13.8. The van der Waals surface area contributed by atoms with Crippen LogP contribution in [-0.2, 0) is 6.54 Å². The van der Waals surface area contributed by atoms with Crippen molar-refractivity contribution in [1.29, 1.82) is 0 Å². The standard InChI is InChI=1S/C17H9F21N.ClH/c18-8(19,4-7-39-5-2-1-3-6-39)9(20,21)10(22,23)11(24,25)12(26,27)13(28,29)14(30,31)15(32,33)16(34,35)17(36,37)38;/h1-3,5-6H,4,7H2;1H/q+1;/p-1. The van der Waals surface area contributed by atoms with E-state index in [4.69, 9.17) is 0 Å². The van der Waals surface area contributed by atoms with Crippen molar-refractivity contribution in [3.63, 3.8) is 0 Å². The zero-order chi connectivity index (χ0) is 31.5. The van der Waals surface area contributed by atoms with Crippen molar-refractivity contribution in [2.45, 2.75) is 72.4 Å². The molecule has 0 radical (unpaired) electrons. The molecular weight excluding hydrogens is 653 g/mol. The predicted molar refractivity (Wildman–Crippen MR) is 81.8 cm³/mol. The second-order valence-corrected chi connectivity index (χ2v) is 7.66. The Morgan fingerprint density at radius 1 is 0.375 bits per heavy atom. The average molecular weight is 662 g/mol. The predicted octanol–water partition coefficient (Wildman–Crippen LogP) is 4.65. The number of halogens is 22. The summed E-state index contributed by atoms with van der Waals surface area (Å²) >= 11 is 0. The van der Waals surface area contributed by atoms with Gasteiger partial charge in [0.1, 0.15) is 0 Å². The van der Waals surface area contributed by atoms with Crippen LogP contribution in [0.5, 0.6) is 0 Å². The normalized spacial score (nSPS) is 15.6. The smallest absolute Gasteiger partial charge is 0.460 e. The first-order chi connectivity index (χ1) is 16.8. The highest BCUT2D eigenvalue weighted by Crippen LogP contribution is 2.66. The van der Waals surface area contributed by atoms with E-state index in [-0.39, 0.29) is 12.4 Å². The highest BCUT2D eigenvalue weighted by Gasteiger charge is 2.97. The molecule has 1 nitrogen and oxygen atoms in total. The van der Waals surface area contributed by atoms with Crippen LogP contribution >= 0.6 is 0 Å². The Morgan fingerprint density at radius 2 is 0.650 bits per heavy atom. The van der Waals surface area contributed by atoms with Gasteiger partial charge in [0.25, 0.3) is 0 Å². The molecule has 0 saturated carbocycles. The summed E-state index contributed by atoms with van der Waals surface area (Å²) in [7, 11) is 0. The van der Waals surface area contributed by atoms with Crippen molar-refractivity contribution in [1.82, 2.24) is 0 Å². The van der Waals surface area contributed by atoms with Crippen molar-refractivity contribution in [3.8, 4) is 0 Å². The molecule has 1 rings (SSSR count). The number of alkyl halides is 21. The van der Waals surface area contributed by atoms with E-state index in [1.807, 2.05) is 0 Å². The molecule has 40 heavy (non-hydrogen) atoms. The highest BCUT2D eigenvalue weighted by molar-refractivity contribution is 5.17. The summed E-state index contributed by atoms with van der Waals surface area (Å²) in [6.45, 7) is -1.51. The van der Waals surface area contributed by atoms with E-state index in [1.165, 1.54) is 6.07 Å². The summed E-state index contributed by atoms with van der Waals surface area (Å²) in [5.41, 5.74) is 0. The van der Waals surface area contributed by atoms with Gasteiger partial charge in [0, 0.05) is 12.1 Å². The minimum Gasteiger partial charge on any atom is -1.00 e. The number of hydrogen-bond acceptors (Lipinski definition) is 0. The van der Waals surface area contributed by atoms with Gasteiger partial charge in [-0.25, -0.2) is 4.57 Å². The van der Waals surface area contributed by atoms with Gasteiger partial charge in [-0.15, -0.1) is 0 Å². The van der Waals surface area contributed by atoms with Gasteiger partial charge in [-0.1, -0.05) is 6.07 Å². The van der Waals surface area contributed by atoms with Gasteiger partial charge in [-0.2, -0.15) is 92.2 Å². The number of aryl methyl sites for hydroxylation is 1. The fraction of sp³-hybridized carbons (Fsp3) is 0.706. The Morgan fingerprint density at radius 3 is 0.950 bits per heavy atom. The van der Waals surface area contributed by atoms with Gasteiger partial charge < -0.3 is 12.4 Å². The van der Waals surface area contributed by atoms with Gasteiger partial charge in [-0.05, 0) is 0 Å². The number of aromatic nitrogens is 1. The lowest BCUT2D eigenvalue weighted by Crippen LogP contribution is -3.00. The number of hydrogen-bond donors (Lipinski definition) is 0. The SMILES string of the molecule is FC(F)(F)C(F)(F)C(F)(F)C(F)(F)C(F)(F)C(F)(F)C(F)(F)C(F)(F)C(F)(F)C(F)(F)CC[n+]1ccccc1.[Cl-]. The second-order valence-electron chi connectivity index (χ2n) is 7.66. The molecule has 0 atom stereocenters. The Labute approximate surface area is 213 Å². The van der Waals surface area contributed by atoms with Crippen molar-refractivity contribution < 1.29 is 109 Å². The highest BCUT2D eigenvalue weighted by atomic mass is 35.5. The molecule has 0 aliphatic heterocycles. The van der Waals surface area contributed by atoms with Gasteiger partial charge in [0.15, 0.2) is 18.9 Å². The van der Waals surface area contributed by atoms with Crippen LogP contribution in [0, 0.1) is 0 Å². The fourth-order valence-corrected chi connectivity index (χ4v) is 2.60. The Kier molecular flexibility index (Phi) is 9.83. The van der Waals surface area contributed by atoms with Gasteiger partial charge in [-0.3, -0.25) is 0 Å². The molecule has 0 aliphatic carbocycles. The minimum atomic E-state index is -9.16. The minimum absolute atomic E-state index is 0. The summed E-state index contributed by atoms with van der Waals surface area (Å²) in [6, 6.07) is 3.17. The van der Waals surface area contributed by atoms with Crippen LogP contribution in [-0.4, -0.2) is 59.5 Å². The molecule has 0 amide bonds. The topological polar surface area (TPSA) is 3.88 Å². The van der Waals surface area contributed by atoms with E-state index in [0.29, 0.717) is 4.57 Å². The van der Waals surface area contributed by atoms with E-state index >= 15 is 0 Å². The summed E-state index contributed by atoms with van der Waals surface area (Å²) in [6.07, 6.45) is -9.12. The molecule has 0 bridgehead atoms. The third kappa shape index (κ3) is 5.09. The van der Waals surface area contributed by atoms with E-state index in [1.54, 1.807) is 0 Å². The van der Waals surface area contributed by atoms with E-state index < -0.39 is 72.4 Å². The summed E-state index contributed by atoms with van der Waals surface area (Å²) in [4.78, 5) is 0. The zero-order valence-electron chi connectivity index (χ0n) is 18.1. The lowest BCUT2D eigenvalue weighted by molar-refractivity contribution is -0.700. The monoisotopic (exact) mass is 661 g/mol. The maximum Gasteiger partial charge on any atom is 0.460 e. The van der Waals surface area contributed by atoms with E-state index in [9.17, 15) is 92.2 Å². The number of rotatable bonds is 11. The molecule has 0 spiro atoms. The molecule has 1 heterocycles. The third-order valence-electron chi connectivity index (χ3n) is 5.04. The Bertz CT molecular complexity index is 1000. The molecule has 0 N–H and O–H groups in total. The first-order valence-electron chi connectivity index (χ1n) is 9.24. The first kappa shape index (κ1) is 38.0. The molecule has 0 aromatic carbocycles. The molecule has 1 aromatic heterocycles. The van der Waals surface area contributed by atoms with Crippen LogP contribution in [0.1, 0.15) is 6.42 Å². The zero-order valence-corrected chi connectivity index (χ0v) is 18.8. The fourth-order valence-electron chi connectivity index (χ4n) is 2.60. The van der Waals surface area contributed by atoms with Crippen LogP contribution in [0.2, 0.25) is 0 Å². The average Bonchev–Trinajstić information content (AvgIpc) is 2.76. The molecule has 0 aliphatic rings. The molecule has 1 aromatic rings. The molecule has 23 heteroatoms. The molecule has 0 saturated heterocycles. The molecule has 0 fully saturated rings. The lowest BCUT2D eigenvalue weighted by atomic mass is 9.86. The van der Waals surface area contributed by atoms with Gasteiger partial charge in [0.05, 0.1) is 6.42 Å². The van der Waals surface area contributed by atoms with Crippen molar-refractivity contribution >= 4 is 0 Å². The van der Waals surface area contributed by atoms with Crippen molar-refractivity contribution in [2.24, 2.45) is 0 Å². The van der Waals surface area contributed by atoms with Crippen LogP contribution in [0.3, 0.4) is 0 Å². The molecule has 0 unspecified atom stereocenters. The number of nitrogens with zero attached hydrogens (tertiary/aromatic N) is 1. The Balaban J connectivity index is 0.0000152. The van der Waals surface area contributed by atoms with Crippen molar-refractivity contribution in [2.75, 3.05) is 0 Å². The quantitative estimate of drug-likeness (QED) is 0.241. The van der Waals surface area contributed by atoms with Gasteiger partial charge >= 0.3 is 59.5 Å². The second kappa shape index (κ2) is 10.4. The van der Waals surface area contributed by atoms with Crippen molar-refractivity contribution in [3.05, 3.63) is 30.6 Å². The summed E-state index contributed by atoms with van der Waals surface area (Å²) in [5, 5.41) is 0. The van der Waals surface area contributed by atoms with Crippen LogP contribution in [0.4, 0.5) is 92.2 Å². The Hall–Kier alpha value is -2.03.